The Labute approximate surface area is 202 Å². The van der Waals surface area contributed by atoms with Crippen LogP contribution in [-0.2, 0) is 14.3 Å². The predicted octanol–water partition coefficient (Wildman–Crippen LogP) is 0.698. The van der Waals surface area contributed by atoms with E-state index in [1.54, 1.807) is 13.2 Å². The number of rotatable bonds is 7. The largest absolute Gasteiger partial charge is 0.388 e. The molecule has 8 nitrogen and oxygen atoms in total. The molecule has 12 heteroatoms. The van der Waals surface area contributed by atoms with Gasteiger partial charge in [-0.1, -0.05) is 0 Å². The Kier molecular flexibility index (Phi) is 9.27. The predicted molar refractivity (Wildman–Crippen MR) is 120 cm³/mol. The van der Waals surface area contributed by atoms with E-state index in [1.165, 1.54) is 11.8 Å². The molecule has 3 aliphatic heterocycles. The summed E-state index contributed by atoms with van der Waals surface area (Å²) in [7, 11) is 0. The van der Waals surface area contributed by atoms with E-state index in [-0.39, 0.29) is 18.3 Å². The van der Waals surface area contributed by atoms with Crippen molar-refractivity contribution in [3.63, 3.8) is 0 Å². The van der Waals surface area contributed by atoms with Crippen LogP contribution in [0.1, 0.15) is 33.1 Å². The van der Waals surface area contributed by atoms with Crippen molar-refractivity contribution >= 4 is 29.3 Å². The van der Waals surface area contributed by atoms with Gasteiger partial charge in [-0.3, -0.25) is 4.79 Å². The van der Waals surface area contributed by atoms with Gasteiger partial charge in [0.25, 0.3) is 0 Å². The zero-order chi connectivity index (χ0) is 24.5. The summed E-state index contributed by atoms with van der Waals surface area (Å²) in [6.07, 6.45) is -3.14. The van der Waals surface area contributed by atoms with Gasteiger partial charge in [0.1, 0.15) is 35.9 Å². The number of aliphatic hydroxyl groups is 3. The van der Waals surface area contributed by atoms with Gasteiger partial charge in [-0.25, -0.2) is 8.78 Å². The summed E-state index contributed by atoms with van der Waals surface area (Å²) in [5.41, 5.74) is -0.795. The van der Waals surface area contributed by atoms with Crippen molar-refractivity contribution in [1.29, 1.82) is 0 Å². The number of hydrogen-bond donors (Lipinski definition) is 5. The van der Waals surface area contributed by atoms with Crippen LogP contribution in [0, 0.1) is 11.8 Å². The molecule has 0 aromatic rings. The molecule has 5 N–H and O–H groups in total. The first-order valence-electron chi connectivity index (χ1n) is 11.3. The van der Waals surface area contributed by atoms with Gasteiger partial charge in [0.2, 0.25) is 11.8 Å². The van der Waals surface area contributed by atoms with E-state index in [1.807, 2.05) is 0 Å². The van der Waals surface area contributed by atoms with Gasteiger partial charge in [0, 0.05) is 19.6 Å². The van der Waals surface area contributed by atoms with Crippen molar-refractivity contribution in [3.05, 3.63) is 0 Å². The lowest BCUT2D eigenvalue weighted by Crippen LogP contribution is -2.65. The number of nitrogens with one attached hydrogen (secondary N) is 2. The Bertz CT molecular complexity index is 673. The molecule has 33 heavy (non-hydrogen) atoms. The van der Waals surface area contributed by atoms with Crippen LogP contribution in [-0.4, -0.2) is 100.0 Å². The first-order valence-corrected chi connectivity index (χ1v) is 13.0. The lowest BCUT2D eigenvalue weighted by atomic mass is 9.86. The van der Waals surface area contributed by atoms with E-state index in [9.17, 15) is 28.9 Å². The molecule has 0 radical (unpaired) electrons. The van der Waals surface area contributed by atoms with Crippen LogP contribution < -0.4 is 10.6 Å². The molecule has 3 saturated heterocycles. The summed E-state index contributed by atoms with van der Waals surface area (Å²) in [6.45, 7) is 3.33. The molecule has 192 valence electrons. The second-order valence-electron chi connectivity index (χ2n) is 9.53. The molecular formula is C21H35ClF2N2O6S. The lowest BCUT2D eigenvalue weighted by molar-refractivity contribution is -0.205. The zero-order valence-corrected chi connectivity index (χ0v) is 20.6. The van der Waals surface area contributed by atoms with Crippen LogP contribution in [0.2, 0.25) is 0 Å². The van der Waals surface area contributed by atoms with Crippen LogP contribution in [0.5, 0.6) is 0 Å². The molecule has 3 aliphatic rings. The normalized spacial score (nSPS) is 41.7. The zero-order valence-electron chi connectivity index (χ0n) is 19.0. The first-order chi connectivity index (χ1) is 15.4. The lowest BCUT2D eigenvalue weighted by Gasteiger charge is -2.44. The molecule has 3 heterocycles. The van der Waals surface area contributed by atoms with E-state index in [0.717, 1.165) is 6.92 Å². The van der Waals surface area contributed by atoms with Crippen molar-refractivity contribution < 1.29 is 38.4 Å². The highest BCUT2D eigenvalue weighted by Gasteiger charge is 2.49. The average molecular weight is 517 g/mol. The molecule has 1 amide bonds. The highest BCUT2D eigenvalue weighted by atomic mass is 35.5. The summed E-state index contributed by atoms with van der Waals surface area (Å²) in [5, 5.41) is 36.2. The molecule has 0 aliphatic carbocycles. The smallest absolute Gasteiger partial charge is 0.245 e. The van der Waals surface area contributed by atoms with Crippen LogP contribution in [0.15, 0.2) is 0 Å². The fourth-order valence-electron chi connectivity index (χ4n) is 5.16. The van der Waals surface area contributed by atoms with Crippen molar-refractivity contribution in [2.24, 2.45) is 11.8 Å². The van der Waals surface area contributed by atoms with Crippen LogP contribution in [0.4, 0.5) is 8.78 Å². The highest BCUT2D eigenvalue weighted by molar-refractivity contribution is 7.99. The third-order valence-electron chi connectivity index (χ3n) is 6.79. The molecule has 0 saturated carbocycles. The third-order valence-corrected chi connectivity index (χ3v) is 7.92. The topological polar surface area (TPSA) is 120 Å². The van der Waals surface area contributed by atoms with Crippen molar-refractivity contribution in [2.45, 2.75) is 92.4 Å². The molecule has 0 aromatic carbocycles. The number of hydrogen-bond acceptors (Lipinski definition) is 8. The van der Waals surface area contributed by atoms with Crippen LogP contribution in [0.25, 0.3) is 0 Å². The Balaban J connectivity index is 1.68. The third kappa shape index (κ3) is 6.49. The first kappa shape index (κ1) is 27.3. The molecule has 11 atom stereocenters. The summed E-state index contributed by atoms with van der Waals surface area (Å²) in [4.78, 5) is 13.2. The van der Waals surface area contributed by atoms with E-state index in [4.69, 9.17) is 21.1 Å². The summed E-state index contributed by atoms with van der Waals surface area (Å²) in [6, 6.07) is -1.56. The number of alkyl halides is 3. The van der Waals surface area contributed by atoms with Crippen molar-refractivity contribution in [2.75, 3.05) is 19.4 Å². The van der Waals surface area contributed by atoms with Crippen molar-refractivity contribution in [1.82, 2.24) is 10.6 Å². The fraction of sp³-hybridized carbons (Fsp3) is 0.952. The van der Waals surface area contributed by atoms with E-state index < -0.39 is 65.2 Å². The van der Waals surface area contributed by atoms with Crippen molar-refractivity contribution in [3.8, 4) is 0 Å². The molecule has 0 aromatic heterocycles. The number of amides is 1. The highest BCUT2D eigenvalue weighted by Crippen LogP contribution is 2.36. The maximum absolute atomic E-state index is 13.5. The number of carbonyl (C=O) groups excluding carboxylic acids is 1. The van der Waals surface area contributed by atoms with E-state index >= 15 is 0 Å². The number of thioether (sulfide) groups is 1. The molecule has 0 spiro atoms. The van der Waals surface area contributed by atoms with Gasteiger partial charge >= 0.3 is 0 Å². The summed E-state index contributed by atoms with van der Waals surface area (Å²) >= 11 is 7.51. The van der Waals surface area contributed by atoms with Gasteiger partial charge in [0.05, 0.1) is 17.5 Å². The maximum atomic E-state index is 13.5. The number of fused-ring (bicyclic) bond motifs is 1. The van der Waals surface area contributed by atoms with Gasteiger partial charge in [-0.2, -0.15) is 0 Å². The van der Waals surface area contributed by atoms with E-state index in [0.29, 0.717) is 26.0 Å². The minimum absolute atomic E-state index is 0.0724. The molecule has 0 bridgehead atoms. The second-order valence-corrected chi connectivity index (χ2v) is 11.2. The van der Waals surface area contributed by atoms with Gasteiger partial charge in [-0.15, -0.1) is 23.4 Å². The average Bonchev–Trinajstić information content (AvgIpc) is 3.01. The Hall–Kier alpha value is -0.270. The number of halogens is 3. The fourth-order valence-corrected chi connectivity index (χ4v) is 6.05. The standard InChI is InChI=1S/C21H35ClF2N2O6S/c1-9(22)12(18-15(28)14(27)16(29)20(32-18)33-3)26-19(30)13-17-11(8-25-13)6-10(4-5-31-17)7-21(2,23)24/h9-18,20,25,27-29H,4-8H2,1-3H3,(H,26,30)/t9-,10+,11-,12+,13-,14+,15?,16+,17+,18+,20?/m0/s1. The minimum Gasteiger partial charge on any atom is -0.388 e. The number of carbonyl (C=O) groups is 1. The quantitative estimate of drug-likeness (QED) is 0.314. The Morgan fingerprint density at radius 2 is 2.00 bits per heavy atom. The van der Waals surface area contributed by atoms with Gasteiger partial charge in [0.15, 0.2) is 0 Å². The number of aliphatic hydroxyl groups excluding tert-OH is 3. The molecular weight excluding hydrogens is 482 g/mol. The number of ether oxygens (including phenoxy) is 2. The summed E-state index contributed by atoms with van der Waals surface area (Å²) in [5.74, 6) is -3.40. The Morgan fingerprint density at radius 3 is 2.61 bits per heavy atom. The molecule has 3 fully saturated rings. The van der Waals surface area contributed by atoms with Crippen LogP contribution >= 0.6 is 23.4 Å². The van der Waals surface area contributed by atoms with Gasteiger partial charge < -0.3 is 35.4 Å². The maximum Gasteiger partial charge on any atom is 0.245 e. The second kappa shape index (κ2) is 11.2. The van der Waals surface area contributed by atoms with Crippen LogP contribution in [0.3, 0.4) is 0 Å². The molecule has 2 unspecified atom stereocenters. The molecule has 3 rings (SSSR count). The minimum atomic E-state index is -2.75. The summed E-state index contributed by atoms with van der Waals surface area (Å²) < 4.78 is 38.7. The van der Waals surface area contributed by atoms with Gasteiger partial charge in [-0.05, 0) is 44.8 Å². The Morgan fingerprint density at radius 1 is 1.30 bits per heavy atom. The SMILES string of the molecule is CSC1O[C@H]([C@H](NC(=O)[C@H]2NC[C@@H]3C[C@H](CC(C)(F)F)CCO[C@H]32)[C@H](C)Cl)C(O)[C@@H](O)[C@H]1O. The van der Waals surface area contributed by atoms with E-state index in [2.05, 4.69) is 10.6 Å². The monoisotopic (exact) mass is 516 g/mol.